The second-order valence-electron chi connectivity index (χ2n) is 10.0. The third-order valence-corrected chi connectivity index (χ3v) is 7.44. The highest BCUT2D eigenvalue weighted by molar-refractivity contribution is 5.52. The molecule has 174 valence electrons. The molecule has 3 N–H and O–H groups in total. The lowest BCUT2D eigenvalue weighted by molar-refractivity contribution is 0.439. The summed E-state index contributed by atoms with van der Waals surface area (Å²) in [6.07, 6.45) is 7.54. The average Bonchev–Trinajstić information content (AvgIpc) is 2.78. The van der Waals surface area contributed by atoms with Crippen molar-refractivity contribution in [1.82, 2.24) is 0 Å². The Hall–Kier alpha value is -2.94. The Bertz CT molecular complexity index is 1090. The molecule has 0 amide bonds. The van der Waals surface area contributed by atoms with E-state index in [-0.39, 0.29) is 0 Å². The molecular weight excluding hydrogens is 408 g/mol. The predicted molar refractivity (Wildman–Crippen MR) is 135 cm³/mol. The predicted octanol–water partition coefficient (Wildman–Crippen LogP) is 7.27. The van der Waals surface area contributed by atoms with E-state index in [9.17, 15) is 15.3 Å². The first-order valence-electron chi connectivity index (χ1n) is 12.2. The van der Waals surface area contributed by atoms with Crippen molar-refractivity contribution in [3.63, 3.8) is 0 Å². The lowest BCUT2D eigenvalue weighted by atomic mass is 9.81. The van der Waals surface area contributed by atoms with Gasteiger partial charge in [-0.15, -0.1) is 0 Å². The Kier molecular flexibility index (Phi) is 6.69. The molecule has 0 aromatic heterocycles. The molecule has 3 nitrogen and oxygen atoms in total. The molecule has 3 aromatic carbocycles. The number of rotatable bonds is 5. The van der Waals surface area contributed by atoms with Crippen LogP contribution in [0.2, 0.25) is 0 Å². The Labute approximate surface area is 197 Å². The first-order valence-corrected chi connectivity index (χ1v) is 12.2. The van der Waals surface area contributed by atoms with Crippen molar-refractivity contribution in [3.05, 3.63) is 86.5 Å². The van der Waals surface area contributed by atoms with Crippen molar-refractivity contribution in [1.29, 1.82) is 0 Å². The summed E-state index contributed by atoms with van der Waals surface area (Å²) in [6, 6.07) is 12.1. The molecule has 0 heterocycles. The number of aryl methyl sites for hydroxylation is 4. The van der Waals surface area contributed by atoms with Gasteiger partial charge in [0.05, 0.1) is 0 Å². The van der Waals surface area contributed by atoms with Gasteiger partial charge in [0.25, 0.3) is 0 Å². The molecule has 0 unspecified atom stereocenters. The highest BCUT2D eigenvalue weighted by Crippen LogP contribution is 2.38. The van der Waals surface area contributed by atoms with E-state index >= 15 is 0 Å². The number of hydrogen-bond acceptors (Lipinski definition) is 3. The van der Waals surface area contributed by atoms with E-state index in [1.54, 1.807) is 0 Å². The van der Waals surface area contributed by atoms with Gasteiger partial charge in [-0.2, -0.15) is 0 Å². The molecule has 1 aliphatic rings. The molecule has 0 bridgehead atoms. The summed E-state index contributed by atoms with van der Waals surface area (Å²) in [6.45, 7) is 7.86. The molecule has 0 spiro atoms. The fourth-order valence-corrected chi connectivity index (χ4v) is 5.24. The van der Waals surface area contributed by atoms with Crippen molar-refractivity contribution in [3.8, 4) is 17.2 Å². The summed E-state index contributed by atoms with van der Waals surface area (Å²) in [5.74, 6) is 1.54. The van der Waals surface area contributed by atoms with Gasteiger partial charge in [0.1, 0.15) is 17.2 Å². The number of benzene rings is 3. The Morgan fingerprint density at radius 1 is 0.576 bits per heavy atom. The largest absolute Gasteiger partial charge is 0.508 e. The molecule has 0 atom stereocenters. The van der Waals surface area contributed by atoms with Gasteiger partial charge in [-0.25, -0.2) is 0 Å². The molecule has 0 saturated heterocycles. The first-order chi connectivity index (χ1) is 15.7. The van der Waals surface area contributed by atoms with Crippen molar-refractivity contribution in [2.45, 2.75) is 78.6 Å². The van der Waals surface area contributed by atoms with Crippen LogP contribution in [0, 0.1) is 27.7 Å². The number of hydrogen-bond donors (Lipinski definition) is 3. The van der Waals surface area contributed by atoms with Crippen LogP contribution in [-0.4, -0.2) is 15.3 Å². The van der Waals surface area contributed by atoms with Gasteiger partial charge in [0, 0.05) is 12.8 Å². The monoisotopic (exact) mass is 444 g/mol. The normalized spacial score (nSPS) is 14.5. The molecule has 4 rings (SSSR count). The van der Waals surface area contributed by atoms with E-state index < -0.39 is 0 Å². The lowest BCUT2D eigenvalue weighted by Crippen LogP contribution is -2.07. The SMILES string of the molecule is Cc1cc(Cc2cc(C3CCCCC3)cc(Cc3cc(C)c(O)cc3C)c2O)c(C)cc1O. The maximum Gasteiger partial charge on any atom is 0.122 e. The first kappa shape index (κ1) is 23.2. The van der Waals surface area contributed by atoms with E-state index in [1.807, 2.05) is 52.0 Å². The molecule has 3 aromatic rings. The molecule has 0 aliphatic heterocycles. The Morgan fingerprint density at radius 3 is 1.48 bits per heavy atom. The van der Waals surface area contributed by atoms with Crippen LogP contribution in [0.5, 0.6) is 17.2 Å². The summed E-state index contributed by atoms with van der Waals surface area (Å²) in [5.41, 5.74) is 9.28. The van der Waals surface area contributed by atoms with E-state index in [0.717, 1.165) is 44.5 Å². The third-order valence-electron chi connectivity index (χ3n) is 7.44. The van der Waals surface area contributed by atoms with Gasteiger partial charge < -0.3 is 15.3 Å². The maximum absolute atomic E-state index is 11.4. The molecule has 33 heavy (non-hydrogen) atoms. The van der Waals surface area contributed by atoms with Crippen LogP contribution < -0.4 is 0 Å². The summed E-state index contributed by atoms with van der Waals surface area (Å²) >= 11 is 0. The van der Waals surface area contributed by atoms with Gasteiger partial charge in [-0.05, 0) is 109 Å². The van der Waals surface area contributed by atoms with Gasteiger partial charge >= 0.3 is 0 Å². The summed E-state index contributed by atoms with van der Waals surface area (Å²) < 4.78 is 0. The highest BCUT2D eigenvalue weighted by Gasteiger charge is 2.20. The van der Waals surface area contributed by atoms with Crippen molar-refractivity contribution in [2.24, 2.45) is 0 Å². The number of phenolic OH excluding ortho intramolecular Hbond substituents is 3. The van der Waals surface area contributed by atoms with E-state index in [2.05, 4.69) is 12.1 Å². The van der Waals surface area contributed by atoms with Crippen LogP contribution in [0.25, 0.3) is 0 Å². The number of phenols is 3. The smallest absolute Gasteiger partial charge is 0.122 e. The van der Waals surface area contributed by atoms with E-state index in [4.69, 9.17) is 0 Å². The summed E-state index contributed by atoms with van der Waals surface area (Å²) in [7, 11) is 0. The average molecular weight is 445 g/mol. The standard InChI is InChI=1S/C30H36O3/c1-18-12-28(31)20(3)10-23(18)14-26-16-25(22-8-6-5-7-9-22)17-27(30(26)33)15-24-11-21(4)29(32)13-19(24)2/h10-13,16-17,22,31-33H,5-9,14-15H2,1-4H3. The van der Waals surface area contributed by atoms with Crippen LogP contribution in [0.1, 0.15) is 88.1 Å². The second kappa shape index (κ2) is 9.51. The minimum absolute atomic E-state index is 0.315. The molecule has 1 fully saturated rings. The quantitative estimate of drug-likeness (QED) is 0.388. The molecule has 1 aliphatic carbocycles. The van der Waals surface area contributed by atoms with E-state index in [1.165, 1.54) is 37.7 Å². The van der Waals surface area contributed by atoms with Crippen LogP contribution in [0.4, 0.5) is 0 Å². The second-order valence-corrected chi connectivity index (χ2v) is 10.0. The van der Waals surface area contributed by atoms with Crippen LogP contribution in [0.15, 0.2) is 36.4 Å². The zero-order chi connectivity index (χ0) is 23.7. The topological polar surface area (TPSA) is 60.7 Å². The van der Waals surface area contributed by atoms with Crippen molar-refractivity contribution >= 4 is 0 Å². The Morgan fingerprint density at radius 2 is 1.03 bits per heavy atom. The Balaban J connectivity index is 1.77. The van der Waals surface area contributed by atoms with Gasteiger partial charge in [-0.1, -0.05) is 43.5 Å². The van der Waals surface area contributed by atoms with Crippen LogP contribution in [0.3, 0.4) is 0 Å². The van der Waals surface area contributed by atoms with Crippen LogP contribution >= 0.6 is 0 Å². The van der Waals surface area contributed by atoms with Gasteiger partial charge in [0.2, 0.25) is 0 Å². The van der Waals surface area contributed by atoms with Crippen LogP contribution in [-0.2, 0) is 12.8 Å². The van der Waals surface area contributed by atoms with Crippen molar-refractivity contribution < 1.29 is 15.3 Å². The molecule has 1 saturated carbocycles. The molecular formula is C30H36O3. The zero-order valence-corrected chi connectivity index (χ0v) is 20.3. The van der Waals surface area contributed by atoms with Gasteiger partial charge in [-0.3, -0.25) is 0 Å². The van der Waals surface area contributed by atoms with Crippen molar-refractivity contribution in [2.75, 3.05) is 0 Å². The highest BCUT2D eigenvalue weighted by atomic mass is 16.3. The summed E-state index contributed by atoms with van der Waals surface area (Å²) in [4.78, 5) is 0. The molecule has 3 heteroatoms. The zero-order valence-electron chi connectivity index (χ0n) is 20.3. The van der Waals surface area contributed by atoms with Gasteiger partial charge in [0.15, 0.2) is 0 Å². The molecule has 0 radical (unpaired) electrons. The lowest BCUT2D eigenvalue weighted by Gasteiger charge is -2.24. The fourth-order valence-electron chi connectivity index (χ4n) is 5.24. The maximum atomic E-state index is 11.4. The van der Waals surface area contributed by atoms with E-state index in [0.29, 0.717) is 36.0 Å². The fraction of sp³-hybridized carbons (Fsp3) is 0.400. The summed E-state index contributed by atoms with van der Waals surface area (Å²) in [5, 5.41) is 31.5. The minimum atomic E-state index is 0.315. The number of aromatic hydroxyl groups is 3. The third kappa shape index (κ3) is 5.03. The minimum Gasteiger partial charge on any atom is -0.508 e.